The molecular formula is C36H45ClN2O6S. The lowest BCUT2D eigenvalue weighted by Gasteiger charge is -2.47. The molecular weight excluding hydrogens is 624 g/mol. The zero-order valence-electron chi connectivity index (χ0n) is 27.2. The van der Waals surface area contributed by atoms with Crippen molar-refractivity contribution in [3.8, 4) is 17.6 Å². The maximum Gasteiger partial charge on any atom is 0.264 e. The van der Waals surface area contributed by atoms with Crippen molar-refractivity contribution in [3.05, 3.63) is 70.3 Å². The van der Waals surface area contributed by atoms with Gasteiger partial charge >= 0.3 is 0 Å². The number of aryl methyl sites for hydroxylation is 1. The van der Waals surface area contributed by atoms with Crippen molar-refractivity contribution in [1.82, 2.24) is 4.72 Å². The third-order valence-electron chi connectivity index (χ3n) is 9.90. The lowest BCUT2D eigenvalue weighted by molar-refractivity contribution is -0.0350. The molecule has 2 heterocycles. The van der Waals surface area contributed by atoms with E-state index in [1.54, 1.807) is 39.3 Å². The number of carbonyl (C=O) groups is 1. The molecule has 2 bridgehead atoms. The number of nitrogens with one attached hydrogen (secondary N) is 1. The molecule has 1 aliphatic carbocycles. The van der Waals surface area contributed by atoms with E-state index in [1.165, 1.54) is 5.56 Å². The van der Waals surface area contributed by atoms with E-state index >= 15 is 0 Å². The summed E-state index contributed by atoms with van der Waals surface area (Å²) in [5, 5.41) is -0.107. The molecule has 0 spiro atoms. The maximum absolute atomic E-state index is 13.4. The fraction of sp³-hybridized carbons (Fsp3) is 0.528. The van der Waals surface area contributed by atoms with Crippen molar-refractivity contribution in [3.63, 3.8) is 0 Å². The van der Waals surface area contributed by atoms with Crippen LogP contribution in [0.15, 0.2) is 48.6 Å². The van der Waals surface area contributed by atoms with Gasteiger partial charge < -0.3 is 19.1 Å². The van der Waals surface area contributed by atoms with Gasteiger partial charge in [-0.2, -0.15) is 0 Å². The molecule has 5 atom stereocenters. The van der Waals surface area contributed by atoms with E-state index in [4.69, 9.17) is 25.8 Å². The summed E-state index contributed by atoms with van der Waals surface area (Å²) in [5.41, 5.74) is 2.44. The second kappa shape index (κ2) is 14.8. The average Bonchev–Trinajstić information content (AvgIpc) is 3.05. The Hall–Kier alpha value is -3.03. The molecule has 1 fully saturated rings. The van der Waals surface area contributed by atoms with E-state index < -0.39 is 26.8 Å². The molecule has 248 valence electrons. The predicted molar refractivity (Wildman–Crippen MR) is 182 cm³/mol. The minimum atomic E-state index is -3.96. The van der Waals surface area contributed by atoms with Crippen LogP contribution in [0.3, 0.4) is 0 Å². The second-order valence-electron chi connectivity index (χ2n) is 12.8. The number of amides is 1. The van der Waals surface area contributed by atoms with Gasteiger partial charge in [0.1, 0.15) is 24.6 Å². The number of anilines is 1. The molecule has 1 N–H and O–H groups in total. The van der Waals surface area contributed by atoms with E-state index in [1.807, 2.05) is 37.3 Å². The molecule has 46 heavy (non-hydrogen) atoms. The Labute approximate surface area is 278 Å². The largest absolute Gasteiger partial charge is 0.487 e. The molecule has 0 saturated heterocycles. The van der Waals surface area contributed by atoms with Crippen LogP contribution < -0.4 is 14.4 Å². The third kappa shape index (κ3) is 7.57. The van der Waals surface area contributed by atoms with Crippen LogP contribution in [0.2, 0.25) is 5.02 Å². The molecule has 0 unspecified atom stereocenters. The zero-order valence-corrected chi connectivity index (χ0v) is 28.8. The van der Waals surface area contributed by atoms with Crippen LogP contribution in [0.1, 0.15) is 67.4 Å². The number of carbonyl (C=O) groups excluding carboxylic acids is 1. The average molecular weight is 669 g/mol. The number of hydrogen-bond donors (Lipinski definition) is 1. The number of fused-ring (bicyclic) bond motifs is 3. The van der Waals surface area contributed by atoms with Gasteiger partial charge in [-0.05, 0) is 105 Å². The standard InChI is InChI=1S/C36H45ClN2O6S/c1-25-9-7-17-36(44-4,18-8-20-43-3)32-15-12-29(32)23-39-19-6-5-10-27-21-31(37)14-11-30(27)24-45-34-16-13-28(22-33(34)39)35(40)38-46(41,42)26(25)2/h7,11,13-14,16-17,21-22,25-26,29,32H,5-6,9-10,12,15,19-20,23-24H2,1-4H3,(H,38,40)/b17-7+/t25-,26+,29-,32+,36-/m0/s1. The number of benzene rings is 2. The molecule has 0 radical (unpaired) electrons. The van der Waals surface area contributed by atoms with Gasteiger partial charge in [0.15, 0.2) is 0 Å². The number of ether oxygens (including phenoxy) is 3. The maximum atomic E-state index is 13.4. The van der Waals surface area contributed by atoms with E-state index in [-0.39, 0.29) is 29.9 Å². The highest BCUT2D eigenvalue weighted by atomic mass is 35.5. The van der Waals surface area contributed by atoms with E-state index in [9.17, 15) is 13.2 Å². The number of hydrogen-bond acceptors (Lipinski definition) is 7. The number of halogens is 1. The minimum Gasteiger partial charge on any atom is -0.487 e. The highest BCUT2D eigenvalue weighted by Gasteiger charge is 2.46. The summed E-state index contributed by atoms with van der Waals surface area (Å²) >= 11 is 6.35. The second-order valence-corrected chi connectivity index (χ2v) is 15.2. The van der Waals surface area contributed by atoms with Gasteiger partial charge in [-0.15, -0.1) is 0 Å². The monoisotopic (exact) mass is 668 g/mol. The first-order valence-corrected chi connectivity index (χ1v) is 18.1. The number of sulfonamides is 1. The summed E-state index contributed by atoms with van der Waals surface area (Å²) in [6, 6.07) is 11.1. The zero-order chi connectivity index (χ0) is 32.9. The van der Waals surface area contributed by atoms with E-state index in [2.05, 4.69) is 21.5 Å². The van der Waals surface area contributed by atoms with Crippen LogP contribution in [0, 0.1) is 29.6 Å². The SMILES string of the molecule is COCC#C[C@@]1(OC)/C=C/C[C@H](C)[C@@H](C)S(=O)(=O)NC(=O)c2ccc3c(c2)N(CCCCc2cc(Cl)ccc2CO3)C[C@@H]2CC[C@H]21. The first kappa shape index (κ1) is 34.3. The topological polar surface area (TPSA) is 94.2 Å². The van der Waals surface area contributed by atoms with Crippen LogP contribution in [-0.4, -0.2) is 59.1 Å². The van der Waals surface area contributed by atoms with E-state index in [0.29, 0.717) is 30.3 Å². The summed E-state index contributed by atoms with van der Waals surface area (Å²) in [6.45, 7) is 5.59. The molecule has 0 aromatic heterocycles. The number of nitrogens with zero attached hydrogens (tertiary/aromatic N) is 1. The molecule has 5 rings (SSSR count). The fourth-order valence-electron chi connectivity index (χ4n) is 6.73. The van der Waals surface area contributed by atoms with Crippen LogP contribution in [0.5, 0.6) is 5.75 Å². The summed E-state index contributed by atoms with van der Waals surface area (Å²) in [5.74, 6) is 6.63. The Morgan fingerprint density at radius 2 is 1.93 bits per heavy atom. The van der Waals surface area contributed by atoms with Gasteiger partial charge in [-0.1, -0.05) is 42.5 Å². The van der Waals surface area contributed by atoms with Crippen molar-refractivity contribution < 1.29 is 27.4 Å². The first-order chi connectivity index (χ1) is 22.1. The van der Waals surface area contributed by atoms with Gasteiger partial charge in [0.25, 0.3) is 5.91 Å². The lowest BCUT2D eigenvalue weighted by Crippen LogP contribution is -2.50. The summed E-state index contributed by atoms with van der Waals surface area (Å²) in [4.78, 5) is 15.7. The Kier molecular flexibility index (Phi) is 11.0. The van der Waals surface area contributed by atoms with Crippen molar-refractivity contribution in [2.75, 3.05) is 38.8 Å². The highest BCUT2D eigenvalue weighted by molar-refractivity contribution is 7.90. The van der Waals surface area contributed by atoms with Crippen molar-refractivity contribution in [1.29, 1.82) is 0 Å². The van der Waals surface area contributed by atoms with E-state index in [0.717, 1.165) is 49.9 Å². The van der Waals surface area contributed by atoms with Crippen LogP contribution >= 0.6 is 11.6 Å². The predicted octanol–water partition coefficient (Wildman–Crippen LogP) is 6.17. The normalized spacial score (nSPS) is 28.8. The smallest absolute Gasteiger partial charge is 0.264 e. The quantitative estimate of drug-likeness (QED) is 0.302. The number of rotatable bonds is 2. The summed E-state index contributed by atoms with van der Waals surface area (Å²) in [7, 11) is -0.650. The van der Waals surface area contributed by atoms with Crippen molar-refractivity contribution in [2.45, 2.75) is 69.8 Å². The Balaban J connectivity index is 1.59. The molecule has 10 heteroatoms. The Bertz CT molecular complexity index is 1620. The van der Waals surface area contributed by atoms with Crippen LogP contribution in [0.4, 0.5) is 5.69 Å². The van der Waals surface area contributed by atoms with Gasteiger partial charge in [0.2, 0.25) is 10.0 Å². The van der Waals surface area contributed by atoms with Crippen molar-refractivity contribution in [2.24, 2.45) is 17.8 Å². The molecule has 2 aromatic rings. The summed E-state index contributed by atoms with van der Waals surface area (Å²) in [6.07, 6.45) is 9.18. The first-order valence-electron chi connectivity index (χ1n) is 16.1. The lowest BCUT2D eigenvalue weighted by atomic mass is 9.64. The van der Waals surface area contributed by atoms with Gasteiger partial charge in [0, 0.05) is 43.8 Å². The van der Waals surface area contributed by atoms with Crippen LogP contribution in [0.25, 0.3) is 0 Å². The Morgan fingerprint density at radius 1 is 1.11 bits per heavy atom. The Morgan fingerprint density at radius 3 is 2.67 bits per heavy atom. The number of methoxy groups -OCH3 is 2. The molecule has 2 aromatic carbocycles. The fourth-order valence-corrected chi connectivity index (χ4v) is 8.21. The highest BCUT2D eigenvalue weighted by Crippen LogP contribution is 2.46. The van der Waals surface area contributed by atoms with Gasteiger partial charge in [-0.3, -0.25) is 4.79 Å². The molecule has 3 aliphatic rings. The summed E-state index contributed by atoms with van der Waals surface area (Å²) < 4.78 is 47.0. The van der Waals surface area contributed by atoms with Crippen molar-refractivity contribution >= 4 is 33.2 Å². The molecule has 1 amide bonds. The molecule has 8 nitrogen and oxygen atoms in total. The molecule has 2 aliphatic heterocycles. The van der Waals surface area contributed by atoms with Gasteiger partial charge in [-0.25, -0.2) is 13.1 Å². The molecule has 1 saturated carbocycles. The van der Waals surface area contributed by atoms with Gasteiger partial charge in [0.05, 0.1) is 10.9 Å². The van der Waals surface area contributed by atoms with Crippen LogP contribution in [-0.2, 0) is 32.5 Å². The minimum absolute atomic E-state index is 0.114. The number of allylic oxidation sites excluding steroid dienone is 1. The third-order valence-corrected chi connectivity index (χ3v) is 12.0.